The molecule has 3 aliphatic carbocycles. The van der Waals surface area contributed by atoms with Crippen molar-refractivity contribution >= 4 is 44.4 Å². The molecular weight excluding hydrogens is 605 g/mol. The first-order valence-corrected chi connectivity index (χ1v) is 18.8. The van der Waals surface area contributed by atoms with E-state index < -0.39 is 0 Å². The number of aromatic nitrogens is 2. The number of hydrogen-bond acceptors (Lipinski definition) is 0. The molecule has 0 amide bonds. The summed E-state index contributed by atoms with van der Waals surface area (Å²) >= 11 is 0. The molecule has 50 heavy (non-hydrogen) atoms. The van der Waals surface area contributed by atoms with Gasteiger partial charge in [-0.1, -0.05) is 117 Å². The lowest BCUT2D eigenvalue weighted by Gasteiger charge is -2.37. The van der Waals surface area contributed by atoms with Gasteiger partial charge in [-0.25, -0.2) is 0 Å². The van der Waals surface area contributed by atoms with Crippen LogP contribution >= 0.6 is 0 Å². The number of allylic oxidation sites excluding steroid dienone is 7. The van der Waals surface area contributed by atoms with Crippen LogP contribution in [0.1, 0.15) is 101 Å². The Bertz CT molecular complexity index is 2380. The van der Waals surface area contributed by atoms with Crippen molar-refractivity contribution in [1.29, 1.82) is 0 Å². The van der Waals surface area contributed by atoms with Crippen molar-refractivity contribution in [1.82, 2.24) is 9.13 Å². The number of benzene rings is 4. The van der Waals surface area contributed by atoms with E-state index in [1.54, 1.807) is 5.57 Å². The zero-order valence-corrected chi connectivity index (χ0v) is 30.2. The second-order valence-corrected chi connectivity index (χ2v) is 15.8. The molecule has 0 radical (unpaired) electrons. The van der Waals surface area contributed by atoms with Gasteiger partial charge < -0.3 is 9.13 Å². The molecule has 2 heterocycles. The third-order valence-corrected chi connectivity index (χ3v) is 12.0. The molecule has 0 saturated carbocycles. The van der Waals surface area contributed by atoms with Crippen molar-refractivity contribution in [2.24, 2.45) is 5.92 Å². The Balaban J connectivity index is 1.24. The lowest BCUT2D eigenvalue weighted by Crippen LogP contribution is -2.29. The number of fused-ring (bicyclic) bond motifs is 8. The summed E-state index contributed by atoms with van der Waals surface area (Å²) in [5, 5.41) is 4.05. The number of para-hydroxylation sites is 3. The second-order valence-electron chi connectivity index (χ2n) is 15.8. The van der Waals surface area contributed by atoms with Gasteiger partial charge >= 0.3 is 0 Å². The van der Waals surface area contributed by atoms with E-state index in [0.717, 1.165) is 25.7 Å². The predicted molar refractivity (Wildman–Crippen MR) is 214 cm³/mol. The van der Waals surface area contributed by atoms with Crippen molar-refractivity contribution in [3.8, 4) is 5.69 Å². The fourth-order valence-electron chi connectivity index (χ4n) is 9.61. The largest absolute Gasteiger partial charge is 0.333 e. The normalized spacial score (nSPS) is 21.0. The van der Waals surface area contributed by atoms with Gasteiger partial charge in [-0.2, -0.15) is 0 Å². The minimum Gasteiger partial charge on any atom is -0.333 e. The van der Waals surface area contributed by atoms with Crippen molar-refractivity contribution in [3.63, 3.8) is 0 Å². The van der Waals surface area contributed by atoms with Crippen LogP contribution in [0.5, 0.6) is 0 Å². The standard InChI is InChI=1S/C48H48N2/c1-31(2)25-27-48(28-26-32(3)4)42-29-34(49-44-18-9-6-14-38(44)39-15-7-10-19-45(39)49)21-23-36(42)37-24-22-35(30-43(37)48)50-46-20-11-8-16-40(46)41-17-12-13-33(5)47(41)50/h6-12,14-25,30,32-34H,13,26-29H2,1-5H3. The Morgan fingerprint density at radius 1 is 0.840 bits per heavy atom. The maximum absolute atomic E-state index is 2.63. The highest BCUT2D eigenvalue weighted by Crippen LogP contribution is 2.57. The highest BCUT2D eigenvalue weighted by Gasteiger charge is 2.45. The molecule has 0 saturated heterocycles. The first kappa shape index (κ1) is 31.2. The SMILES string of the molecule is CC(C)=CCC1(CCC(C)C)C2=C(C=CC(n3c4ccccc4c4ccccc43)C2)c2ccc(-n3c4c(c5ccccc53)C=CCC4C)cc21. The molecule has 250 valence electrons. The maximum Gasteiger partial charge on any atom is 0.0563 e. The third kappa shape index (κ3) is 4.68. The lowest BCUT2D eigenvalue weighted by atomic mass is 9.68. The smallest absolute Gasteiger partial charge is 0.0563 e. The minimum absolute atomic E-state index is 0.0570. The van der Waals surface area contributed by atoms with E-state index in [2.05, 4.69) is 165 Å². The molecule has 3 unspecified atom stereocenters. The van der Waals surface area contributed by atoms with Crippen molar-refractivity contribution in [2.75, 3.05) is 0 Å². The van der Waals surface area contributed by atoms with E-state index in [9.17, 15) is 0 Å². The highest BCUT2D eigenvalue weighted by molar-refractivity contribution is 6.08. The van der Waals surface area contributed by atoms with Crippen LogP contribution in [-0.2, 0) is 5.41 Å². The molecule has 0 spiro atoms. The first-order chi connectivity index (χ1) is 24.4. The molecule has 2 nitrogen and oxygen atoms in total. The fourth-order valence-corrected chi connectivity index (χ4v) is 9.61. The summed E-state index contributed by atoms with van der Waals surface area (Å²) in [6.45, 7) is 11.7. The Hall–Kier alpha value is -4.82. The van der Waals surface area contributed by atoms with Crippen LogP contribution in [0.25, 0.3) is 50.0 Å². The highest BCUT2D eigenvalue weighted by atomic mass is 15.0. The summed E-state index contributed by atoms with van der Waals surface area (Å²) in [6, 6.07) is 34.7. The fraction of sp³-hybridized carbons (Fsp3) is 0.292. The number of nitrogens with zero attached hydrogens (tertiary/aromatic N) is 2. The van der Waals surface area contributed by atoms with Gasteiger partial charge in [0.2, 0.25) is 0 Å². The Labute approximate surface area is 297 Å². The van der Waals surface area contributed by atoms with Crippen LogP contribution in [0, 0.1) is 5.92 Å². The van der Waals surface area contributed by atoms with Gasteiger partial charge in [-0.05, 0) is 104 Å². The van der Waals surface area contributed by atoms with Gasteiger partial charge in [0, 0.05) is 55.5 Å². The predicted octanol–water partition coefficient (Wildman–Crippen LogP) is 13.3. The zero-order valence-electron chi connectivity index (χ0n) is 30.2. The van der Waals surface area contributed by atoms with Gasteiger partial charge in [0.05, 0.1) is 11.6 Å². The minimum atomic E-state index is -0.0570. The van der Waals surface area contributed by atoms with E-state index in [0.29, 0.717) is 11.8 Å². The molecule has 2 heteroatoms. The van der Waals surface area contributed by atoms with Gasteiger partial charge in [-0.15, -0.1) is 0 Å². The Morgan fingerprint density at radius 2 is 1.52 bits per heavy atom. The third-order valence-electron chi connectivity index (χ3n) is 12.0. The molecule has 4 aromatic carbocycles. The quantitative estimate of drug-likeness (QED) is 0.152. The summed E-state index contributed by atoms with van der Waals surface area (Å²) < 4.78 is 5.22. The molecule has 6 aromatic rings. The summed E-state index contributed by atoms with van der Waals surface area (Å²) in [6.07, 6.45) is 17.7. The molecule has 0 bridgehead atoms. The molecule has 0 N–H and O–H groups in total. The van der Waals surface area contributed by atoms with E-state index in [1.807, 2.05) is 0 Å². The van der Waals surface area contributed by atoms with E-state index in [-0.39, 0.29) is 11.5 Å². The van der Waals surface area contributed by atoms with Gasteiger partial charge in [-0.3, -0.25) is 0 Å². The number of hydrogen-bond donors (Lipinski definition) is 0. The first-order valence-electron chi connectivity index (χ1n) is 18.8. The summed E-state index contributed by atoms with van der Waals surface area (Å²) in [5.74, 6) is 1.10. The molecule has 0 aliphatic heterocycles. The van der Waals surface area contributed by atoms with Crippen LogP contribution < -0.4 is 0 Å². The van der Waals surface area contributed by atoms with Crippen LogP contribution in [0.2, 0.25) is 0 Å². The molecule has 2 aromatic heterocycles. The Kier molecular flexibility index (Phi) is 7.42. The summed E-state index contributed by atoms with van der Waals surface area (Å²) in [4.78, 5) is 0. The van der Waals surface area contributed by atoms with Gasteiger partial charge in [0.15, 0.2) is 0 Å². The second kappa shape index (κ2) is 11.9. The molecular formula is C48H48N2. The van der Waals surface area contributed by atoms with Crippen molar-refractivity contribution in [2.45, 2.75) is 84.1 Å². The van der Waals surface area contributed by atoms with Crippen molar-refractivity contribution in [3.05, 3.63) is 149 Å². The zero-order chi connectivity index (χ0) is 34.1. The van der Waals surface area contributed by atoms with Gasteiger partial charge in [0.25, 0.3) is 0 Å². The maximum atomic E-state index is 2.63. The van der Waals surface area contributed by atoms with Crippen LogP contribution in [0.4, 0.5) is 0 Å². The molecule has 9 rings (SSSR count). The lowest BCUT2D eigenvalue weighted by molar-refractivity contribution is 0.395. The topological polar surface area (TPSA) is 9.86 Å². The average molecular weight is 653 g/mol. The number of rotatable bonds is 7. The molecule has 0 fully saturated rings. The average Bonchev–Trinajstić information content (AvgIpc) is 3.74. The van der Waals surface area contributed by atoms with E-state index in [4.69, 9.17) is 0 Å². The summed E-state index contributed by atoms with van der Waals surface area (Å²) in [7, 11) is 0. The Morgan fingerprint density at radius 3 is 2.22 bits per heavy atom. The van der Waals surface area contributed by atoms with Crippen molar-refractivity contribution < 1.29 is 0 Å². The van der Waals surface area contributed by atoms with Crippen LogP contribution in [-0.4, -0.2) is 9.13 Å². The van der Waals surface area contributed by atoms with Crippen LogP contribution in [0.15, 0.2) is 126 Å². The monoisotopic (exact) mass is 652 g/mol. The van der Waals surface area contributed by atoms with Crippen LogP contribution in [0.3, 0.4) is 0 Å². The van der Waals surface area contributed by atoms with E-state index in [1.165, 1.54) is 78.3 Å². The summed E-state index contributed by atoms with van der Waals surface area (Å²) in [5.41, 5.74) is 15.5. The van der Waals surface area contributed by atoms with E-state index >= 15 is 0 Å². The molecule has 3 atom stereocenters. The van der Waals surface area contributed by atoms with Gasteiger partial charge in [0.1, 0.15) is 0 Å². The molecule has 3 aliphatic rings.